The summed E-state index contributed by atoms with van der Waals surface area (Å²) in [6.07, 6.45) is 0.0123. The Labute approximate surface area is 60.7 Å². The molecule has 52 valence electrons. The number of carbonyl (C=O) groups excluding carboxylic acids is 1. The summed E-state index contributed by atoms with van der Waals surface area (Å²) in [6, 6.07) is 0. The SMILES string of the molecule is [2H]C[C@@]1(C)CCCC([2H])([2H])C1=O. The summed E-state index contributed by atoms with van der Waals surface area (Å²) in [5.74, 6) is -0.378. The number of hydrogen-bond acceptors (Lipinski definition) is 1. The maximum atomic E-state index is 11.5. The maximum absolute atomic E-state index is 11.5. The Morgan fingerprint density at radius 3 is 3.11 bits per heavy atom. The zero-order valence-corrected chi connectivity index (χ0v) is 5.74. The first-order chi connectivity index (χ1) is 5.42. The maximum Gasteiger partial charge on any atom is 0.138 e. The van der Waals surface area contributed by atoms with Gasteiger partial charge in [-0.25, -0.2) is 0 Å². The average molecular weight is 129 g/mol. The van der Waals surface area contributed by atoms with Gasteiger partial charge in [-0.3, -0.25) is 4.79 Å². The van der Waals surface area contributed by atoms with Crippen LogP contribution in [0.2, 0.25) is 0 Å². The third kappa shape index (κ3) is 1.32. The Balaban J connectivity index is 2.87. The van der Waals surface area contributed by atoms with Gasteiger partial charge in [0.05, 0.1) is 0 Å². The first-order valence-corrected chi connectivity index (χ1v) is 3.26. The lowest BCUT2D eigenvalue weighted by Gasteiger charge is -2.27. The molecular formula is C8H14O. The Morgan fingerprint density at radius 1 is 1.78 bits per heavy atom. The van der Waals surface area contributed by atoms with Crippen molar-refractivity contribution < 1.29 is 8.91 Å². The lowest BCUT2D eigenvalue weighted by atomic mass is 9.76. The van der Waals surface area contributed by atoms with Crippen LogP contribution in [0.4, 0.5) is 0 Å². The topological polar surface area (TPSA) is 17.1 Å². The first-order valence-electron chi connectivity index (χ1n) is 4.97. The fourth-order valence-electron chi connectivity index (χ4n) is 1.01. The van der Waals surface area contributed by atoms with E-state index in [4.69, 9.17) is 4.11 Å². The molecular weight excluding hydrogens is 112 g/mol. The van der Waals surface area contributed by atoms with Gasteiger partial charge in [-0.05, 0) is 12.8 Å². The van der Waals surface area contributed by atoms with Crippen molar-refractivity contribution in [3.63, 3.8) is 0 Å². The van der Waals surface area contributed by atoms with E-state index in [1.807, 2.05) is 0 Å². The summed E-state index contributed by atoms with van der Waals surface area (Å²) < 4.78 is 22.1. The molecule has 1 rings (SSSR count). The van der Waals surface area contributed by atoms with E-state index < -0.39 is 11.8 Å². The minimum atomic E-state index is -1.69. The van der Waals surface area contributed by atoms with Crippen LogP contribution < -0.4 is 0 Å². The van der Waals surface area contributed by atoms with Crippen molar-refractivity contribution in [1.29, 1.82) is 0 Å². The highest BCUT2D eigenvalue weighted by Gasteiger charge is 2.29. The van der Waals surface area contributed by atoms with Gasteiger partial charge in [0.15, 0.2) is 0 Å². The number of carbonyl (C=O) groups is 1. The largest absolute Gasteiger partial charge is 0.299 e. The van der Waals surface area contributed by atoms with Crippen LogP contribution >= 0.6 is 0 Å². The van der Waals surface area contributed by atoms with Gasteiger partial charge in [0.1, 0.15) is 5.78 Å². The third-order valence-corrected chi connectivity index (χ3v) is 1.74. The van der Waals surface area contributed by atoms with Gasteiger partial charge in [-0.15, -0.1) is 0 Å². The zero-order chi connectivity index (χ0) is 9.41. The number of Topliss-reactive ketones (excluding diaryl/α,β-unsaturated/α-hetero) is 1. The van der Waals surface area contributed by atoms with Crippen molar-refractivity contribution in [1.82, 2.24) is 0 Å². The molecule has 1 atom stereocenters. The molecule has 1 heteroatoms. The van der Waals surface area contributed by atoms with Gasteiger partial charge in [-0.1, -0.05) is 20.2 Å². The van der Waals surface area contributed by atoms with Crippen LogP contribution in [-0.2, 0) is 4.79 Å². The molecule has 0 saturated heterocycles. The normalized spacial score (nSPS) is 47.2. The van der Waals surface area contributed by atoms with Crippen LogP contribution in [0.1, 0.15) is 43.6 Å². The molecule has 1 aliphatic carbocycles. The lowest BCUT2D eigenvalue weighted by molar-refractivity contribution is -0.129. The second-order valence-corrected chi connectivity index (χ2v) is 2.92. The van der Waals surface area contributed by atoms with E-state index in [2.05, 4.69) is 0 Å². The highest BCUT2D eigenvalue weighted by molar-refractivity contribution is 5.84. The van der Waals surface area contributed by atoms with Crippen molar-refractivity contribution in [2.75, 3.05) is 0 Å². The Hall–Kier alpha value is -0.330. The number of rotatable bonds is 0. The molecule has 1 saturated carbocycles. The average Bonchev–Trinajstić information content (AvgIpc) is 2.00. The molecule has 1 nitrogen and oxygen atoms in total. The predicted molar refractivity (Wildman–Crippen MR) is 37.3 cm³/mol. The molecule has 0 aliphatic heterocycles. The lowest BCUT2D eigenvalue weighted by Crippen LogP contribution is -2.27. The van der Waals surface area contributed by atoms with E-state index in [0.717, 1.165) is 0 Å². The van der Waals surface area contributed by atoms with E-state index in [1.54, 1.807) is 6.92 Å². The molecule has 0 radical (unpaired) electrons. The van der Waals surface area contributed by atoms with E-state index >= 15 is 0 Å². The molecule has 0 spiro atoms. The molecule has 1 fully saturated rings. The van der Waals surface area contributed by atoms with Crippen molar-refractivity contribution in [3.8, 4) is 0 Å². The van der Waals surface area contributed by atoms with E-state index in [9.17, 15) is 4.79 Å². The summed E-state index contributed by atoms with van der Waals surface area (Å²) >= 11 is 0. The van der Waals surface area contributed by atoms with Gasteiger partial charge in [0.25, 0.3) is 0 Å². The molecule has 0 aromatic carbocycles. The van der Waals surface area contributed by atoms with Crippen molar-refractivity contribution in [2.45, 2.75) is 39.5 Å². The molecule has 1 aliphatic rings. The minimum absolute atomic E-state index is 0.00530. The summed E-state index contributed by atoms with van der Waals surface area (Å²) in [5, 5.41) is 0. The van der Waals surface area contributed by atoms with Crippen LogP contribution in [0.25, 0.3) is 0 Å². The van der Waals surface area contributed by atoms with Gasteiger partial charge < -0.3 is 0 Å². The fourth-order valence-corrected chi connectivity index (χ4v) is 1.01. The first kappa shape index (κ1) is 3.75. The predicted octanol–water partition coefficient (Wildman–Crippen LogP) is 2.16. The molecule has 0 bridgehead atoms. The van der Waals surface area contributed by atoms with Crippen LogP contribution in [0.5, 0.6) is 0 Å². The smallest absolute Gasteiger partial charge is 0.138 e. The highest BCUT2D eigenvalue weighted by Crippen LogP contribution is 2.31. The van der Waals surface area contributed by atoms with Crippen molar-refractivity contribution >= 4 is 5.78 Å². The molecule has 0 amide bonds. The zero-order valence-electron chi connectivity index (χ0n) is 8.74. The third-order valence-electron chi connectivity index (χ3n) is 1.74. The Kier molecular flexibility index (Phi) is 0.885. The Bertz CT molecular complexity index is 202. The van der Waals surface area contributed by atoms with Gasteiger partial charge in [0, 0.05) is 15.9 Å². The summed E-state index contributed by atoms with van der Waals surface area (Å²) in [4.78, 5) is 11.5. The van der Waals surface area contributed by atoms with E-state index in [1.165, 1.54) is 0 Å². The van der Waals surface area contributed by atoms with Crippen LogP contribution in [-0.4, -0.2) is 5.78 Å². The van der Waals surface area contributed by atoms with E-state index in [0.29, 0.717) is 19.3 Å². The molecule has 0 aromatic heterocycles. The summed E-state index contributed by atoms with van der Waals surface area (Å²) in [5.41, 5.74) is -0.734. The van der Waals surface area contributed by atoms with Crippen LogP contribution in [0.15, 0.2) is 0 Å². The molecule has 0 N–H and O–H groups in total. The monoisotopic (exact) mass is 129 g/mol. The Morgan fingerprint density at radius 2 is 2.56 bits per heavy atom. The van der Waals surface area contributed by atoms with E-state index in [-0.39, 0.29) is 12.7 Å². The van der Waals surface area contributed by atoms with Crippen LogP contribution in [0, 0.1) is 5.41 Å². The number of hydrogen-bond donors (Lipinski definition) is 0. The summed E-state index contributed by atoms with van der Waals surface area (Å²) in [6.45, 7) is 1.70. The second kappa shape index (κ2) is 2.13. The molecule has 9 heavy (non-hydrogen) atoms. The molecule has 0 heterocycles. The molecule has 0 aromatic rings. The second-order valence-electron chi connectivity index (χ2n) is 2.92. The van der Waals surface area contributed by atoms with Gasteiger partial charge in [0.2, 0.25) is 0 Å². The van der Waals surface area contributed by atoms with Crippen molar-refractivity contribution in [2.24, 2.45) is 5.41 Å². The quantitative estimate of drug-likeness (QED) is 0.490. The minimum Gasteiger partial charge on any atom is -0.299 e. The highest BCUT2D eigenvalue weighted by atomic mass is 16.1. The summed E-state index contributed by atoms with van der Waals surface area (Å²) in [7, 11) is 0. The standard InChI is InChI=1S/C8H14O/c1-8(2)6-4-3-5-7(8)9/h3-6H2,1-2H3/i1D,5D2/t8-/m1/s1. The van der Waals surface area contributed by atoms with Gasteiger partial charge in [-0.2, -0.15) is 0 Å². The fraction of sp³-hybridized carbons (Fsp3) is 0.875. The van der Waals surface area contributed by atoms with Gasteiger partial charge >= 0.3 is 0 Å². The number of ketones is 1. The van der Waals surface area contributed by atoms with Crippen LogP contribution in [0.3, 0.4) is 0 Å². The molecule has 0 unspecified atom stereocenters. The van der Waals surface area contributed by atoms with Crippen molar-refractivity contribution in [3.05, 3.63) is 0 Å².